The van der Waals surface area contributed by atoms with Crippen LogP contribution in [0.4, 0.5) is 5.69 Å². The van der Waals surface area contributed by atoms with E-state index in [-0.39, 0.29) is 0 Å². The average molecular weight is 270 g/mol. The maximum atomic E-state index is 6.14. The first-order valence-corrected chi connectivity index (χ1v) is 6.57. The third-order valence-electron chi connectivity index (χ3n) is 3.32. The molecule has 0 atom stereocenters. The lowest BCUT2D eigenvalue weighted by atomic mass is 9.96. The number of hydrogen-bond acceptors (Lipinski definition) is 3. The van der Waals surface area contributed by atoms with Gasteiger partial charge in [0.2, 0.25) is 0 Å². The van der Waals surface area contributed by atoms with Crippen molar-refractivity contribution < 1.29 is 9.47 Å². The highest BCUT2D eigenvalue weighted by atomic mass is 35.5. The SMILES string of the molecule is Cc1c(Cl)cc(N)cc1CC1COC(C)(C)OC1. The molecule has 0 bridgehead atoms. The maximum absolute atomic E-state index is 6.14. The second-order valence-electron chi connectivity index (χ2n) is 5.38. The van der Waals surface area contributed by atoms with Crippen LogP contribution < -0.4 is 5.73 Å². The minimum atomic E-state index is -0.459. The van der Waals surface area contributed by atoms with Crippen LogP contribution in [0.3, 0.4) is 0 Å². The fourth-order valence-electron chi connectivity index (χ4n) is 2.13. The van der Waals surface area contributed by atoms with Crippen molar-refractivity contribution >= 4 is 17.3 Å². The zero-order valence-electron chi connectivity index (χ0n) is 11.1. The molecular weight excluding hydrogens is 250 g/mol. The molecule has 0 saturated carbocycles. The van der Waals surface area contributed by atoms with Gasteiger partial charge in [0.15, 0.2) is 5.79 Å². The summed E-state index contributed by atoms with van der Waals surface area (Å²) in [6.45, 7) is 7.31. The molecule has 1 aromatic rings. The van der Waals surface area contributed by atoms with Crippen LogP contribution in [0.25, 0.3) is 0 Å². The van der Waals surface area contributed by atoms with Gasteiger partial charge in [-0.1, -0.05) is 11.6 Å². The van der Waals surface area contributed by atoms with E-state index in [2.05, 4.69) is 0 Å². The summed E-state index contributed by atoms with van der Waals surface area (Å²) in [6.07, 6.45) is 0.882. The summed E-state index contributed by atoms with van der Waals surface area (Å²) in [5.74, 6) is -0.103. The number of ether oxygens (including phenoxy) is 2. The Bertz CT molecular complexity index is 436. The number of rotatable bonds is 2. The molecule has 1 aliphatic rings. The Kier molecular flexibility index (Phi) is 3.85. The predicted molar refractivity (Wildman–Crippen MR) is 73.8 cm³/mol. The summed E-state index contributed by atoms with van der Waals surface area (Å²) in [7, 11) is 0. The number of nitrogen functional groups attached to an aromatic ring is 1. The van der Waals surface area contributed by atoms with Gasteiger partial charge in [-0.05, 0) is 50.5 Å². The third kappa shape index (κ3) is 3.16. The molecular formula is C14H20ClNO2. The van der Waals surface area contributed by atoms with Gasteiger partial charge in [-0.25, -0.2) is 0 Å². The van der Waals surface area contributed by atoms with Crippen molar-refractivity contribution in [2.75, 3.05) is 18.9 Å². The summed E-state index contributed by atoms with van der Waals surface area (Å²) in [4.78, 5) is 0. The van der Waals surface area contributed by atoms with Crippen molar-refractivity contribution in [3.8, 4) is 0 Å². The van der Waals surface area contributed by atoms with Gasteiger partial charge in [0.1, 0.15) is 0 Å². The highest BCUT2D eigenvalue weighted by molar-refractivity contribution is 6.31. The number of benzene rings is 1. The molecule has 0 amide bonds. The van der Waals surface area contributed by atoms with Crippen LogP contribution in [0.15, 0.2) is 12.1 Å². The second-order valence-corrected chi connectivity index (χ2v) is 5.79. The van der Waals surface area contributed by atoms with Crippen LogP contribution in [0.2, 0.25) is 5.02 Å². The van der Waals surface area contributed by atoms with Crippen molar-refractivity contribution in [1.29, 1.82) is 0 Å². The molecule has 2 N–H and O–H groups in total. The summed E-state index contributed by atoms with van der Waals surface area (Å²) < 4.78 is 11.3. The van der Waals surface area contributed by atoms with Crippen LogP contribution in [-0.4, -0.2) is 19.0 Å². The van der Waals surface area contributed by atoms with Crippen molar-refractivity contribution in [1.82, 2.24) is 0 Å². The fourth-order valence-corrected chi connectivity index (χ4v) is 2.37. The van der Waals surface area contributed by atoms with Gasteiger partial charge in [-0.2, -0.15) is 0 Å². The number of nitrogens with two attached hydrogens (primary N) is 1. The van der Waals surface area contributed by atoms with E-state index in [0.717, 1.165) is 17.0 Å². The number of halogens is 1. The van der Waals surface area contributed by atoms with E-state index in [4.69, 9.17) is 26.8 Å². The van der Waals surface area contributed by atoms with Gasteiger partial charge < -0.3 is 15.2 Å². The Morgan fingerprint density at radius 2 is 1.94 bits per heavy atom. The Morgan fingerprint density at radius 3 is 2.56 bits per heavy atom. The lowest BCUT2D eigenvalue weighted by molar-refractivity contribution is -0.261. The van der Waals surface area contributed by atoms with Gasteiger partial charge in [-0.15, -0.1) is 0 Å². The molecule has 0 spiro atoms. The zero-order valence-corrected chi connectivity index (χ0v) is 11.9. The van der Waals surface area contributed by atoms with Gasteiger partial charge in [0.05, 0.1) is 13.2 Å². The topological polar surface area (TPSA) is 44.5 Å². The quantitative estimate of drug-likeness (QED) is 0.839. The van der Waals surface area contributed by atoms with Gasteiger partial charge in [0, 0.05) is 16.6 Å². The molecule has 1 heterocycles. The molecule has 1 saturated heterocycles. The predicted octanol–water partition coefficient (Wildman–Crippen LogP) is 3.17. The molecule has 2 rings (SSSR count). The molecule has 18 heavy (non-hydrogen) atoms. The Morgan fingerprint density at radius 1 is 1.33 bits per heavy atom. The number of hydrogen-bond donors (Lipinski definition) is 1. The van der Waals surface area contributed by atoms with Crippen molar-refractivity contribution in [3.05, 3.63) is 28.3 Å². The molecule has 0 unspecified atom stereocenters. The smallest absolute Gasteiger partial charge is 0.162 e. The molecule has 0 aromatic heterocycles. The highest BCUT2D eigenvalue weighted by Gasteiger charge is 2.28. The van der Waals surface area contributed by atoms with Crippen LogP contribution in [0.1, 0.15) is 25.0 Å². The standard InChI is InChI=1S/C14H20ClNO2/c1-9-11(5-12(16)6-13(9)15)4-10-7-17-14(2,3)18-8-10/h5-6,10H,4,7-8,16H2,1-3H3. The lowest BCUT2D eigenvalue weighted by Gasteiger charge is -2.35. The zero-order chi connectivity index (χ0) is 13.3. The van der Waals surface area contributed by atoms with Gasteiger partial charge >= 0.3 is 0 Å². The second kappa shape index (κ2) is 5.08. The van der Waals surface area contributed by atoms with E-state index in [1.54, 1.807) is 6.07 Å². The van der Waals surface area contributed by atoms with E-state index in [9.17, 15) is 0 Å². The summed E-state index contributed by atoms with van der Waals surface area (Å²) in [5, 5.41) is 0.725. The molecule has 1 aromatic carbocycles. The summed E-state index contributed by atoms with van der Waals surface area (Å²) >= 11 is 6.14. The first-order chi connectivity index (χ1) is 8.37. The maximum Gasteiger partial charge on any atom is 0.162 e. The minimum Gasteiger partial charge on any atom is -0.399 e. The van der Waals surface area contributed by atoms with Gasteiger partial charge in [-0.3, -0.25) is 0 Å². The molecule has 3 nitrogen and oxygen atoms in total. The summed E-state index contributed by atoms with van der Waals surface area (Å²) in [5.41, 5.74) is 8.81. The van der Waals surface area contributed by atoms with Gasteiger partial charge in [0.25, 0.3) is 0 Å². The molecule has 0 aliphatic carbocycles. The number of anilines is 1. The first-order valence-electron chi connectivity index (χ1n) is 6.20. The third-order valence-corrected chi connectivity index (χ3v) is 3.71. The van der Waals surface area contributed by atoms with Crippen LogP contribution in [0.5, 0.6) is 0 Å². The van der Waals surface area contributed by atoms with Crippen LogP contribution in [-0.2, 0) is 15.9 Å². The molecule has 1 aliphatic heterocycles. The average Bonchev–Trinajstić information content (AvgIpc) is 2.28. The van der Waals surface area contributed by atoms with Crippen molar-refractivity contribution in [3.63, 3.8) is 0 Å². The highest BCUT2D eigenvalue weighted by Crippen LogP contribution is 2.28. The Hall–Kier alpha value is -0.770. The largest absolute Gasteiger partial charge is 0.399 e. The van der Waals surface area contributed by atoms with E-state index >= 15 is 0 Å². The molecule has 4 heteroatoms. The van der Waals surface area contributed by atoms with Crippen molar-refractivity contribution in [2.45, 2.75) is 33.0 Å². The first kappa shape index (κ1) is 13.7. The van der Waals surface area contributed by atoms with E-state index in [0.29, 0.717) is 24.8 Å². The van der Waals surface area contributed by atoms with E-state index in [1.165, 1.54) is 5.56 Å². The summed E-state index contributed by atoms with van der Waals surface area (Å²) in [6, 6.07) is 3.78. The Labute approximate surface area is 113 Å². The van der Waals surface area contributed by atoms with E-state index in [1.807, 2.05) is 26.8 Å². The fraction of sp³-hybridized carbons (Fsp3) is 0.571. The molecule has 1 fully saturated rings. The van der Waals surface area contributed by atoms with E-state index < -0.39 is 5.79 Å². The molecule has 0 radical (unpaired) electrons. The minimum absolute atomic E-state index is 0.356. The van der Waals surface area contributed by atoms with Crippen LogP contribution in [0, 0.1) is 12.8 Å². The normalized spacial score (nSPS) is 20.0. The lowest BCUT2D eigenvalue weighted by Crippen LogP contribution is -2.40. The Balaban J connectivity index is 2.07. The monoisotopic (exact) mass is 269 g/mol. The van der Waals surface area contributed by atoms with Crippen molar-refractivity contribution in [2.24, 2.45) is 5.92 Å². The van der Waals surface area contributed by atoms with Crippen LogP contribution >= 0.6 is 11.6 Å². The molecule has 100 valence electrons.